The third kappa shape index (κ3) is 5.29. The molecule has 3 atom stereocenters. The van der Waals surface area contributed by atoms with Crippen LogP contribution in [0.5, 0.6) is 0 Å². The summed E-state index contributed by atoms with van der Waals surface area (Å²) in [6.45, 7) is 0.963. The zero-order valence-electron chi connectivity index (χ0n) is 15.3. The Balaban J connectivity index is 1.51. The molecule has 0 spiro atoms. The van der Waals surface area contributed by atoms with Gasteiger partial charge in [-0.3, -0.25) is 14.4 Å². The third-order valence-corrected chi connectivity index (χ3v) is 5.28. The molecule has 1 saturated carbocycles. The first kappa shape index (κ1) is 19.4. The van der Waals surface area contributed by atoms with Crippen LogP contribution >= 0.6 is 0 Å². The van der Waals surface area contributed by atoms with E-state index in [-0.39, 0.29) is 23.8 Å². The predicted octanol–water partition coefficient (Wildman–Crippen LogP) is 2.31. The molecule has 1 aromatic rings. The molecule has 2 fully saturated rings. The Labute approximate surface area is 158 Å². The lowest BCUT2D eigenvalue weighted by atomic mass is 9.81. The molecule has 3 N–H and O–H groups in total. The SMILES string of the molecule is O=C(O)C1CCCC(C(=O)NCc2cccc(NC(=O)C3CCCO3)c2)C1. The number of anilines is 1. The Hall–Kier alpha value is -2.41. The van der Waals surface area contributed by atoms with E-state index >= 15 is 0 Å². The van der Waals surface area contributed by atoms with Crippen LogP contribution < -0.4 is 10.6 Å². The molecule has 0 bridgehead atoms. The van der Waals surface area contributed by atoms with E-state index in [4.69, 9.17) is 9.84 Å². The first-order valence-electron chi connectivity index (χ1n) is 9.55. The zero-order chi connectivity index (χ0) is 19.2. The van der Waals surface area contributed by atoms with Gasteiger partial charge in [-0.05, 0) is 49.8 Å². The topological polar surface area (TPSA) is 105 Å². The Morgan fingerprint density at radius 2 is 1.89 bits per heavy atom. The third-order valence-electron chi connectivity index (χ3n) is 5.28. The highest BCUT2D eigenvalue weighted by atomic mass is 16.5. The van der Waals surface area contributed by atoms with Crippen molar-refractivity contribution < 1.29 is 24.2 Å². The molecular weight excluding hydrogens is 348 g/mol. The van der Waals surface area contributed by atoms with Crippen molar-refractivity contribution >= 4 is 23.5 Å². The number of hydrogen-bond donors (Lipinski definition) is 3. The van der Waals surface area contributed by atoms with Gasteiger partial charge in [-0.1, -0.05) is 18.6 Å². The minimum absolute atomic E-state index is 0.102. The molecule has 3 unspecified atom stereocenters. The molecule has 3 rings (SSSR count). The maximum Gasteiger partial charge on any atom is 0.306 e. The second-order valence-electron chi connectivity index (χ2n) is 7.31. The molecule has 27 heavy (non-hydrogen) atoms. The van der Waals surface area contributed by atoms with E-state index < -0.39 is 11.9 Å². The summed E-state index contributed by atoms with van der Waals surface area (Å²) < 4.78 is 5.38. The van der Waals surface area contributed by atoms with Crippen molar-refractivity contribution in [3.05, 3.63) is 29.8 Å². The second kappa shape index (κ2) is 8.99. The summed E-state index contributed by atoms with van der Waals surface area (Å²) in [5.41, 5.74) is 1.55. The minimum Gasteiger partial charge on any atom is -0.481 e. The predicted molar refractivity (Wildman–Crippen MR) is 99.0 cm³/mol. The monoisotopic (exact) mass is 374 g/mol. The lowest BCUT2D eigenvalue weighted by molar-refractivity contribution is -0.144. The van der Waals surface area contributed by atoms with E-state index in [0.29, 0.717) is 31.7 Å². The molecule has 0 aromatic heterocycles. The number of carboxylic acids is 1. The summed E-state index contributed by atoms with van der Waals surface area (Å²) in [6, 6.07) is 7.33. The van der Waals surface area contributed by atoms with Crippen LogP contribution in [0.3, 0.4) is 0 Å². The van der Waals surface area contributed by atoms with Crippen LogP contribution in [0.15, 0.2) is 24.3 Å². The summed E-state index contributed by atoms with van der Waals surface area (Å²) in [6.07, 6.45) is 3.78. The molecule has 2 amide bonds. The normalized spacial score (nSPS) is 25.0. The Bertz CT molecular complexity index is 699. The highest BCUT2D eigenvalue weighted by Gasteiger charge is 2.30. The fourth-order valence-corrected chi connectivity index (χ4v) is 3.75. The lowest BCUT2D eigenvalue weighted by Gasteiger charge is -2.25. The largest absolute Gasteiger partial charge is 0.481 e. The number of carbonyl (C=O) groups excluding carboxylic acids is 2. The standard InChI is InChI=1S/C20H26N2O5/c23-18(14-5-2-6-15(11-14)20(25)26)21-12-13-4-1-7-16(10-13)22-19(24)17-8-3-9-27-17/h1,4,7,10,14-15,17H,2-3,5-6,8-9,11-12H2,(H,21,23)(H,22,24)(H,25,26). The number of aliphatic carboxylic acids is 1. The lowest BCUT2D eigenvalue weighted by Crippen LogP contribution is -2.35. The van der Waals surface area contributed by atoms with Crippen LogP contribution in [0.25, 0.3) is 0 Å². The van der Waals surface area contributed by atoms with Crippen LogP contribution in [-0.4, -0.2) is 35.6 Å². The van der Waals surface area contributed by atoms with E-state index in [2.05, 4.69) is 10.6 Å². The van der Waals surface area contributed by atoms with Crippen molar-refractivity contribution in [2.45, 2.75) is 51.2 Å². The molecule has 1 heterocycles. The summed E-state index contributed by atoms with van der Waals surface area (Å²) >= 11 is 0. The fourth-order valence-electron chi connectivity index (χ4n) is 3.75. The van der Waals surface area contributed by atoms with Gasteiger partial charge in [-0.25, -0.2) is 0 Å². The van der Waals surface area contributed by atoms with Gasteiger partial charge in [0.2, 0.25) is 5.91 Å². The number of rotatable bonds is 6. The Kier molecular flexibility index (Phi) is 6.45. The van der Waals surface area contributed by atoms with Gasteiger partial charge in [0.1, 0.15) is 6.10 Å². The number of benzene rings is 1. The molecule has 2 aliphatic rings. The first-order chi connectivity index (χ1) is 13.0. The maximum atomic E-state index is 12.4. The van der Waals surface area contributed by atoms with Gasteiger partial charge < -0.3 is 20.5 Å². The van der Waals surface area contributed by atoms with Crippen LogP contribution in [-0.2, 0) is 25.7 Å². The van der Waals surface area contributed by atoms with Gasteiger partial charge in [0.15, 0.2) is 0 Å². The minimum atomic E-state index is -0.817. The van der Waals surface area contributed by atoms with E-state index in [0.717, 1.165) is 31.2 Å². The maximum absolute atomic E-state index is 12.4. The van der Waals surface area contributed by atoms with Crippen molar-refractivity contribution in [3.63, 3.8) is 0 Å². The molecule has 7 nitrogen and oxygen atoms in total. The van der Waals surface area contributed by atoms with Gasteiger partial charge in [0.05, 0.1) is 5.92 Å². The summed E-state index contributed by atoms with van der Waals surface area (Å²) in [5, 5.41) is 14.9. The highest BCUT2D eigenvalue weighted by molar-refractivity contribution is 5.94. The van der Waals surface area contributed by atoms with Gasteiger partial charge in [0.25, 0.3) is 5.91 Å². The highest BCUT2D eigenvalue weighted by Crippen LogP contribution is 2.29. The summed E-state index contributed by atoms with van der Waals surface area (Å²) in [7, 11) is 0. The summed E-state index contributed by atoms with van der Waals surface area (Å²) in [5.74, 6) is -1.74. The average Bonchev–Trinajstić information content (AvgIpc) is 3.21. The Morgan fingerprint density at radius 3 is 2.63 bits per heavy atom. The average molecular weight is 374 g/mol. The van der Waals surface area contributed by atoms with Gasteiger partial charge in [-0.15, -0.1) is 0 Å². The van der Waals surface area contributed by atoms with Crippen LogP contribution in [0.1, 0.15) is 44.1 Å². The molecule has 1 aliphatic heterocycles. The van der Waals surface area contributed by atoms with Crippen molar-refractivity contribution in [2.75, 3.05) is 11.9 Å². The molecular formula is C20H26N2O5. The number of carboxylic acid groups (broad SMARTS) is 1. The van der Waals surface area contributed by atoms with E-state index in [1.807, 2.05) is 18.2 Å². The molecule has 146 valence electrons. The van der Waals surface area contributed by atoms with Crippen LogP contribution in [0.2, 0.25) is 0 Å². The van der Waals surface area contributed by atoms with E-state index in [1.54, 1.807) is 6.07 Å². The van der Waals surface area contributed by atoms with Gasteiger partial charge in [-0.2, -0.15) is 0 Å². The van der Waals surface area contributed by atoms with Crippen molar-refractivity contribution in [1.82, 2.24) is 5.32 Å². The quantitative estimate of drug-likeness (QED) is 0.709. The number of hydrogen-bond acceptors (Lipinski definition) is 4. The zero-order valence-corrected chi connectivity index (χ0v) is 15.3. The smallest absolute Gasteiger partial charge is 0.306 e. The first-order valence-corrected chi connectivity index (χ1v) is 9.55. The molecule has 1 saturated heterocycles. The molecule has 0 radical (unpaired) electrons. The number of amides is 2. The van der Waals surface area contributed by atoms with E-state index in [1.165, 1.54) is 0 Å². The number of carbonyl (C=O) groups is 3. The molecule has 1 aliphatic carbocycles. The van der Waals surface area contributed by atoms with Gasteiger partial charge >= 0.3 is 5.97 Å². The van der Waals surface area contributed by atoms with Crippen molar-refractivity contribution in [1.29, 1.82) is 0 Å². The molecule has 1 aromatic carbocycles. The van der Waals surface area contributed by atoms with Crippen LogP contribution in [0, 0.1) is 11.8 Å². The van der Waals surface area contributed by atoms with Crippen LogP contribution in [0.4, 0.5) is 5.69 Å². The summed E-state index contributed by atoms with van der Waals surface area (Å²) in [4.78, 5) is 35.7. The molecule has 7 heteroatoms. The van der Waals surface area contributed by atoms with Gasteiger partial charge in [0, 0.05) is 24.8 Å². The number of nitrogens with one attached hydrogen (secondary N) is 2. The fraction of sp³-hybridized carbons (Fsp3) is 0.550. The van der Waals surface area contributed by atoms with E-state index in [9.17, 15) is 14.4 Å². The second-order valence-corrected chi connectivity index (χ2v) is 7.31. The number of ether oxygens (including phenoxy) is 1. The Morgan fingerprint density at radius 1 is 1.07 bits per heavy atom. The van der Waals surface area contributed by atoms with Crippen molar-refractivity contribution in [3.8, 4) is 0 Å². The van der Waals surface area contributed by atoms with Crippen molar-refractivity contribution in [2.24, 2.45) is 11.8 Å².